The van der Waals surface area contributed by atoms with Crippen LogP contribution in [0.1, 0.15) is 39.2 Å². The molecule has 3 nitrogen and oxygen atoms in total. The van der Waals surface area contributed by atoms with Crippen molar-refractivity contribution < 1.29 is 4.79 Å². The number of piperidine rings is 1. The normalized spacial score (nSPS) is 26.5. The molecule has 0 radical (unpaired) electrons. The summed E-state index contributed by atoms with van der Waals surface area (Å²) in [7, 11) is 0. The molecule has 1 heterocycles. The Morgan fingerprint density at radius 3 is 2.67 bits per heavy atom. The van der Waals surface area contributed by atoms with Crippen LogP contribution in [0, 0.1) is 5.92 Å². The second-order valence-electron chi connectivity index (χ2n) is 6.32. The maximum absolute atomic E-state index is 11.6. The standard InChI is InChI=1S/C18H28N2O/c1-4-18(21)19-17-12-15(3)20(13-14(17)2)11-10-16-8-6-5-7-9-16/h5-9,14-15,17H,4,10-13H2,1-3H3,(H,19,21)/t14-,15-,17+/m1/s1. The van der Waals surface area contributed by atoms with Crippen molar-refractivity contribution in [1.29, 1.82) is 0 Å². The highest BCUT2D eigenvalue weighted by Crippen LogP contribution is 2.22. The van der Waals surface area contributed by atoms with Crippen molar-refractivity contribution in [3.63, 3.8) is 0 Å². The fourth-order valence-electron chi connectivity index (χ4n) is 3.17. The van der Waals surface area contributed by atoms with Gasteiger partial charge in [0.1, 0.15) is 0 Å². The van der Waals surface area contributed by atoms with Crippen molar-refractivity contribution in [2.45, 2.75) is 52.1 Å². The van der Waals surface area contributed by atoms with E-state index in [1.54, 1.807) is 0 Å². The van der Waals surface area contributed by atoms with Crippen molar-refractivity contribution in [3.05, 3.63) is 35.9 Å². The minimum atomic E-state index is 0.178. The molecule has 1 aliphatic heterocycles. The van der Waals surface area contributed by atoms with Gasteiger partial charge in [-0.15, -0.1) is 0 Å². The highest BCUT2D eigenvalue weighted by Gasteiger charge is 2.31. The number of benzene rings is 1. The Bertz CT molecular complexity index is 446. The molecule has 2 rings (SSSR count). The number of likely N-dealkylation sites (tertiary alicyclic amines) is 1. The van der Waals surface area contributed by atoms with E-state index < -0.39 is 0 Å². The zero-order valence-corrected chi connectivity index (χ0v) is 13.5. The Kier molecular flexibility index (Phi) is 5.80. The van der Waals surface area contributed by atoms with Gasteiger partial charge in [0.25, 0.3) is 0 Å². The molecule has 116 valence electrons. The van der Waals surface area contributed by atoms with Gasteiger partial charge in [0.2, 0.25) is 5.91 Å². The molecule has 1 aliphatic rings. The molecule has 0 unspecified atom stereocenters. The maximum atomic E-state index is 11.6. The third-order valence-corrected chi connectivity index (χ3v) is 4.63. The summed E-state index contributed by atoms with van der Waals surface area (Å²) in [6.07, 6.45) is 2.74. The molecule has 1 saturated heterocycles. The molecule has 1 fully saturated rings. The van der Waals surface area contributed by atoms with Gasteiger partial charge < -0.3 is 5.32 Å². The average molecular weight is 288 g/mol. The Morgan fingerprint density at radius 2 is 2.00 bits per heavy atom. The first kappa shape index (κ1) is 16.0. The summed E-state index contributed by atoms with van der Waals surface area (Å²) in [6.45, 7) is 8.62. The maximum Gasteiger partial charge on any atom is 0.219 e. The van der Waals surface area contributed by atoms with Crippen LogP contribution in [-0.2, 0) is 11.2 Å². The predicted molar refractivity (Wildman–Crippen MR) is 87.2 cm³/mol. The van der Waals surface area contributed by atoms with Gasteiger partial charge in [-0.25, -0.2) is 0 Å². The molecular formula is C18H28N2O. The van der Waals surface area contributed by atoms with Crippen LogP contribution in [-0.4, -0.2) is 36.0 Å². The molecule has 0 spiro atoms. The van der Waals surface area contributed by atoms with Gasteiger partial charge in [0.05, 0.1) is 0 Å². The number of rotatable bonds is 5. The summed E-state index contributed by atoms with van der Waals surface area (Å²) in [6, 6.07) is 11.5. The second-order valence-corrected chi connectivity index (χ2v) is 6.32. The summed E-state index contributed by atoms with van der Waals surface area (Å²) >= 11 is 0. The van der Waals surface area contributed by atoms with Crippen LogP contribution in [0.3, 0.4) is 0 Å². The average Bonchev–Trinajstić information content (AvgIpc) is 2.50. The first-order chi connectivity index (χ1) is 10.1. The van der Waals surface area contributed by atoms with E-state index in [2.05, 4.69) is 54.4 Å². The van der Waals surface area contributed by atoms with E-state index in [1.807, 2.05) is 6.92 Å². The number of carbonyl (C=O) groups excluding carboxylic acids is 1. The van der Waals surface area contributed by atoms with E-state index in [4.69, 9.17) is 0 Å². The van der Waals surface area contributed by atoms with Gasteiger partial charge in [0, 0.05) is 31.6 Å². The molecule has 1 amide bonds. The summed E-state index contributed by atoms with van der Waals surface area (Å²) in [5.41, 5.74) is 1.40. The van der Waals surface area contributed by atoms with Crippen molar-refractivity contribution in [1.82, 2.24) is 10.2 Å². The Labute approximate surface area is 128 Å². The molecule has 1 N–H and O–H groups in total. The molecule has 0 bridgehead atoms. The van der Waals surface area contributed by atoms with Crippen molar-refractivity contribution >= 4 is 5.91 Å². The summed E-state index contributed by atoms with van der Waals surface area (Å²) < 4.78 is 0. The largest absolute Gasteiger partial charge is 0.353 e. The first-order valence-electron chi connectivity index (χ1n) is 8.17. The molecule has 0 saturated carbocycles. The number of hydrogen-bond acceptors (Lipinski definition) is 2. The predicted octanol–water partition coefficient (Wildman–Crippen LogP) is 2.85. The number of nitrogens with zero attached hydrogens (tertiary/aromatic N) is 1. The number of nitrogens with one attached hydrogen (secondary N) is 1. The fourth-order valence-corrected chi connectivity index (χ4v) is 3.17. The number of amides is 1. The zero-order valence-electron chi connectivity index (χ0n) is 13.5. The van der Waals surface area contributed by atoms with Gasteiger partial charge >= 0.3 is 0 Å². The van der Waals surface area contributed by atoms with E-state index in [-0.39, 0.29) is 5.91 Å². The van der Waals surface area contributed by atoms with E-state index in [0.29, 0.717) is 24.4 Å². The lowest BCUT2D eigenvalue weighted by atomic mass is 9.89. The lowest BCUT2D eigenvalue weighted by Gasteiger charge is -2.42. The van der Waals surface area contributed by atoms with Gasteiger partial charge in [0.15, 0.2) is 0 Å². The van der Waals surface area contributed by atoms with Gasteiger partial charge in [-0.1, -0.05) is 44.2 Å². The third-order valence-electron chi connectivity index (χ3n) is 4.63. The molecule has 3 heteroatoms. The highest BCUT2D eigenvalue weighted by molar-refractivity contribution is 5.75. The van der Waals surface area contributed by atoms with Crippen molar-refractivity contribution in [2.24, 2.45) is 5.92 Å². The van der Waals surface area contributed by atoms with E-state index in [0.717, 1.165) is 25.9 Å². The Hall–Kier alpha value is -1.35. The molecular weight excluding hydrogens is 260 g/mol. The molecule has 1 aromatic rings. The second kappa shape index (κ2) is 7.60. The SMILES string of the molecule is CCC(=O)N[C@H]1C[C@@H](C)N(CCc2ccccc2)C[C@H]1C. The minimum absolute atomic E-state index is 0.178. The summed E-state index contributed by atoms with van der Waals surface area (Å²) in [5, 5.41) is 3.18. The summed E-state index contributed by atoms with van der Waals surface area (Å²) in [5.74, 6) is 0.698. The van der Waals surface area contributed by atoms with Crippen LogP contribution < -0.4 is 5.32 Å². The molecule has 0 aromatic heterocycles. The van der Waals surface area contributed by atoms with Crippen LogP contribution in [0.25, 0.3) is 0 Å². The van der Waals surface area contributed by atoms with Crippen LogP contribution in [0.2, 0.25) is 0 Å². The fraction of sp³-hybridized carbons (Fsp3) is 0.611. The number of hydrogen-bond donors (Lipinski definition) is 1. The van der Waals surface area contributed by atoms with Crippen molar-refractivity contribution in [3.8, 4) is 0 Å². The Morgan fingerprint density at radius 1 is 1.29 bits per heavy atom. The molecule has 1 aromatic carbocycles. The lowest BCUT2D eigenvalue weighted by molar-refractivity contribution is -0.122. The zero-order chi connectivity index (χ0) is 15.2. The van der Waals surface area contributed by atoms with Gasteiger partial charge in [-0.3, -0.25) is 9.69 Å². The van der Waals surface area contributed by atoms with E-state index >= 15 is 0 Å². The third kappa shape index (κ3) is 4.57. The first-order valence-corrected chi connectivity index (χ1v) is 8.17. The van der Waals surface area contributed by atoms with Crippen LogP contribution in [0.4, 0.5) is 0 Å². The minimum Gasteiger partial charge on any atom is -0.353 e. The van der Waals surface area contributed by atoms with E-state index in [9.17, 15) is 4.79 Å². The Balaban J connectivity index is 1.85. The molecule has 0 aliphatic carbocycles. The molecule has 3 atom stereocenters. The number of carbonyl (C=O) groups is 1. The lowest BCUT2D eigenvalue weighted by Crippen LogP contribution is -2.53. The smallest absolute Gasteiger partial charge is 0.219 e. The van der Waals surface area contributed by atoms with Crippen LogP contribution in [0.15, 0.2) is 30.3 Å². The highest BCUT2D eigenvalue weighted by atomic mass is 16.1. The molecule has 21 heavy (non-hydrogen) atoms. The van der Waals surface area contributed by atoms with Gasteiger partial charge in [-0.05, 0) is 31.2 Å². The van der Waals surface area contributed by atoms with Crippen LogP contribution >= 0.6 is 0 Å². The summed E-state index contributed by atoms with van der Waals surface area (Å²) in [4.78, 5) is 14.2. The van der Waals surface area contributed by atoms with Crippen molar-refractivity contribution in [2.75, 3.05) is 13.1 Å². The van der Waals surface area contributed by atoms with Gasteiger partial charge in [-0.2, -0.15) is 0 Å². The monoisotopic (exact) mass is 288 g/mol. The topological polar surface area (TPSA) is 32.3 Å². The van der Waals surface area contributed by atoms with E-state index in [1.165, 1.54) is 5.56 Å². The quantitative estimate of drug-likeness (QED) is 0.903. The van der Waals surface area contributed by atoms with Crippen LogP contribution in [0.5, 0.6) is 0 Å².